The molecule has 0 amide bonds. The number of nitriles is 1. The Morgan fingerprint density at radius 2 is 1.62 bits per heavy atom. The average Bonchev–Trinajstić information content (AvgIpc) is 2.84. The number of hydrogen-bond acceptors (Lipinski definition) is 7. The fourth-order valence-electron chi connectivity index (χ4n) is 3.49. The van der Waals surface area contributed by atoms with Crippen LogP contribution in [0.15, 0.2) is 66.7 Å². The van der Waals surface area contributed by atoms with Crippen molar-refractivity contribution in [1.29, 1.82) is 5.26 Å². The van der Waals surface area contributed by atoms with Crippen molar-refractivity contribution in [3.05, 3.63) is 88.0 Å². The summed E-state index contributed by atoms with van der Waals surface area (Å²) in [4.78, 5) is 25.6. The zero-order chi connectivity index (χ0) is 22.5. The van der Waals surface area contributed by atoms with Crippen LogP contribution >= 0.6 is 0 Å². The van der Waals surface area contributed by atoms with Crippen LogP contribution in [-0.2, 0) is 4.74 Å². The Balaban J connectivity index is 1.50. The Bertz CT molecular complexity index is 1180. The van der Waals surface area contributed by atoms with Crippen molar-refractivity contribution in [2.24, 2.45) is 0 Å². The topological polar surface area (TPSA) is 106 Å². The fourth-order valence-corrected chi connectivity index (χ4v) is 3.49. The van der Waals surface area contributed by atoms with Gasteiger partial charge in [-0.25, -0.2) is 4.79 Å². The molecule has 0 aliphatic carbocycles. The largest absolute Gasteiger partial charge is 0.423 e. The van der Waals surface area contributed by atoms with Gasteiger partial charge in [-0.2, -0.15) is 5.26 Å². The lowest BCUT2D eigenvalue weighted by Crippen LogP contribution is -2.36. The number of ether oxygens (including phenoxy) is 2. The lowest BCUT2D eigenvalue weighted by molar-refractivity contribution is -0.384. The first-order chi connectivity index (χ1) is 15.5. The molecule has 32 heavy (non-hydrogen) atoms. The number of benzene rings is 3. The molecule has 0 atom stereocenters. The van der Waals surface area contributed by atoms with Gasteiger partial charge in [0.25, 0.3) is 5.69 Å². The molecule has 1 aliphatic heterocycles. The van der Waals surface area contributed by atoms with Crippen LogP contribution in [0.2, 0.25) is 0 Å². The minimum atomic E-state index is -0.673. The molecule has 1 saturated heterocycles. The van der Waals surface area contributed by atoms with Gasteiger partial charge in [0.05, 0.1) is 35.3 Å². The second-order valence-electron chi connectivity index (χ2n) is 7.16. The second-order valence-corrected chi connectivity index (χ2v) is 7.16. The van der Waals surface area contributed by atoms with Crippen molar-refractivity contribution < 1.29 is 19.2 Å². The molecule has 0 saturated carbocycles. The molecule has 8 nitrogen and oxygen atoms in total. The van der Waals surface area contributed by atoms with E-state index in [1.54, 1.807) is 42.5 Å². The van der Waals surface area contributed by atoms with E-state index >= 15 is 0 Å². The van der Waals surface area contributed by atoms with E-state index < -0.39 is 10.9 Å². The summed E-state index contributed by atoms with van der Waals surface area (Å²) < 4.78 is 10.7. The Kier molecular flexibility index (Phi) is 6.10. The molecule has 0 spiro atoms. The Labute approximate surface area is 184 Å². The van der Waals surface area contributed by atoms with Crippen LogP contribution in [0, 0.1) is 21.4 Å². The molecule has 3 aromatic carbocycles. The quantitative estimate of drug-likeness (QED) is 0.259. The van der Waals surface area contributed by atoms with E-state index in [1.807, 2.05) is 17.0 Å². The molecule has 0 unspecified atom stereocenters. The van der Waals surface area contributed by atoms with Gasteiger partial charge in [-0.15, -0.1) is 0 Å². The molecule has 0 radical (unpaired) electrons. The molecule has 160 valence electrons. The van der Waals surface area contributed by atoms with Gasteiger partial charge in [-0.05, 0) is 47.5 Å². The molecular weight excluding hydrogens is 410 g/mol. The second kappa shape index (κ2) is 9.29. The molecule has 1 aliphatic rings. The van der Waals surface area contributed by atoms with Crippen LogP contribution in [0.1, 0.15) is 15.9 Å². The van der Waals surface area contributed by atoms with Crippen molar-refractivity contribution in [2.45, 2.75) is 0 Å². The summed E-state index contributed by atoms with van der Waals surface area (Å²) in [5.41, 5.74) is 2.83. The number of esters is 1. The maximum absolute atomic E-state index is 12.6. The number of nitro groups is 1. The van der Waals surface area contributed by atoms with Crippen LogP contribution in [0.4, 0.5) is 11.4 Å². The summed E-state index contributed by atoms with van der Waals surface area (Å²) in [5.74, 6) is -0.347. The molecule has 4 rings (SSSR count). The van der Waals surface area contributed by atoms with Gasteiger partial charge in [-0.3, -0.25) is 10.1 Å². The van der Waals surface area contributed by atoms with Crippen molar-refractivity contribution in [1.82, 2.24) is 0 Å². The first kappa shape index (κ1) is 21.0. The van der Waals surface area contributed by atoms with Gasteiger partial charge in [0.1, 0.15) is 11.4 Å². The third kappa shape index (κ3) is 4.58. The summed E-state index contributed by atoms with van der Waals surface area (Å²) in [7, 11) is 0. The number of rotatable bonds is 5. The summed E-state index contributed by atoms with van der Waals surface area (Å²) in [6.45, 7) is 2.10. The van der Waals surface area contributed by atoms with E-state index in [0.717, 1.165) is 11.1 Å². The maximum atomic E-state index is 12.6. The van der Waals surface area contributed by atoms with Gasteiger partial charge in [0.15, 0.2) is 0 Å². The van der Waals surface area contributed by atoms with Crippen LogP contribution in [0.3, 0.4) is 0 Å². The zero-order valence-electron chi connectivity index (χ0n) is 17.1. The van der Waals surface area contributed by atoms with Gasteiger partial charge in [0.2, 0.25) is 0 Å². The lowest BCUT2D eigenvalue weighted by Gasteiger charge is -2.28. The SMILES string of the molecule is N#Cc1ccc(-c2ccc(OC(=O)c3ccc(N4CCOCC4)c([N+](=O)[O-])c3)cc2)cc1. The molecule has 0 N–H and O–H groups in total. The maximum Gasteiger partial charge on any atom is 0.343 e. The Morgan fingerprint density at radius 1 is 1.00 bits per heavy atom. The zero-order valence-corrected chi connectivity index (χ0v) is 17.1. The molecule has 8 heteroatoms. The van der Waals surface area contributed by atoms with Crippen LogP contribution in [0.5, 0.6) is 5.75 Å². The van der Waals surface area contributed by atoms with Crippen molar-refractivity contribution in [3.63, 3.8) is 0 Å². The van der Waals surface area contributed by atoms with Crippen molar-refractivity contribution >= 4 is 17.3 Å². The average molecular weight is 429 g/mol. The number of morpholine rings is 1. The van der Waals surface area contributed by atoms with Gasteiger partial charge < -0.3 is 14.4 Å². The number of hydrogen-bond donors (Lipinski definition) is 0. The van der Waals surface area contributed by atoms with E-state index in [1.165, 1.54) is 12.1 Å². The molecular formula is C24H19N3O5. The van der Waals surface area contributed by atoms with E-state index in [4.69, 9.17) is 14.7 Å². The summed E-state index contributed by atoms with van der Waals surface area (Å²) in [6.07, 6.45) is 0. The third-order valence-corrected chi connectivity index (χ3v) is 5.17. The van der Waals surface area contributed by atoms with Crippen molar-refractivity contribution in [3.8, 4) is 22.9 Å². The van der Waals surface area contributed by atoms with Gasteiger partial charge in [0, 0.05) is 19.2 Å². The fraction of sp³-hybridized carbons (Fsp3) is 0.167. The Hall–Kier alpha value is -4.22. The first-order valence-electron chi connectivity index (χ1n) is 9.99. The predicted octanol–water partition coefficient (Wildman–Crippen LogP) is 4.19. The molecule has 0 aromatic heterocycles. The first-order valence-corrected chi connectivity index (χ1v) is 9.99. The van der Waals surface area contributed by atoms with Gasteiger partial charge >= 0.3 is 5.97 Å². The van der Waals surface area contributed by atoms with E-state index in [-0.39, 0.29) is 11.3 Å². The molecule has 1 fully saturated rings. The van der Waals surface area contributed by atoms with E-state index in [0.29, 0.717) is 43.3 Å². The Morgan fingerprint density at radius 3 is 2.22 bits per heavy atom. The summed E-state index contributed by atoms with van der Waals surface area (Å²) in [5, 5.41) is 20.5. The number of nitro benzene ring substituents is 1. The van der Waals surface area contributed by atoms with Gasteiger partial charge in [-0.1, -0.05) is 24.3 Å². The number of carbonyl (C=O) groups is 1. The summed E-state index contributed by atoms with van der Waals surface area (Å²) in [6, 6.07) is 20.5. The van der Waals surface area contributed by atoms with Crippen LogP contribution < -0.4 is 9.64 Å². The normalized spacial score (nSPS) is 13.3. The molecule has 0 bridgehead atoms. The number of anilines is 1. The van der Waals surface area contributed by atoms with Crippen LogP contribution in [-0.4, -0.2) is 37.2 Å². The highest BCUT2D eigenvalue weighted by Gasteiger charge is 2.24. The monoisotopic (exact) mass is 429 g/mol. The van der Waals surface area contributed by atoms with E-state index in [2.05, 4.69) is 6.07 Å². The number of nitrogens with zero attached hydrogens (tertiary/aromatic N) is 3. The highest BCUT2D eigenvalue weighted by molar-refractivity contribution is 5.93. The third-order valence-electron chi connectivity index (χ3n) is 5.17. The molecule has 3 aromatic rings. The minimum Gasteiger partial charge on any atom is -0.423 e. The minimum absolute atomic E-state index is 0.102. The standard InChI is InChI=1S/C24H19N3O5/c25-16-17-1-3-18(4-2-17)19-5-8-21(9-6-19)32-24(28)20-7-10-22(23(15-20)27(29)30)26-11-13-31-14-12-26/h1-10,15H,11-14H2. The smallest absolute Gasteiger partial charge is 0.343 e. The van der Waals surface area contributed by atoms with Crippen molar-refractivity contribution in [2.75, 3.05) is 31.2 Å². The predicted molar refractivity (Wildman–Crippen MR) is 118 cm³/mol. The highest BCUT2D eigenvalue weighted by Crippen LogP contribution is 2.30. The summed E-state index contributed by atoms with van der Waals surface area (Å²) >= 11 is 0. The molecule has 1 heterocycles. The van der Waals surface area contributed by atoms with E-state index in [9.17, 15) is 14.9 Å². The highest BCUT2D eigenvalue weighted by atomic mass is 16.6. The number of carbonyl (C=O) groups excluding carboxylic acids is 1. The van der Waals surface area contributed by atoms with Crippen LogP contribution in [0.25, 0.3) is 11.1 Å². The lowest BCUT2D eigenvalue weighted by atomic mass is 10.0.